The molecule has 0 atom stereocenters. The Balaban J connectivity index is 1.98. The van der Waals surface area contributed by atoms with E-state index < -0.39 is 11.8 Å². The van der Waals surface area contributed by atoms with E-state index in [1.807, 2.05) is 12.1 Å². The molecule has 0 unspecified atom stereocenters. The molecule has 0 aliphatic carbocycles. The summed E-state index contributed by atoms with van der Waals surface area (Å²) in [6.07, 6.45) is 0. The van der Waals surface area contributed by atoms with E-state index >= 15 is 0 Å². The van der Waals surface area contributed by atoms with Crippen LogP contribution in [-0.4, -0.2) is 26.0 Å². The van der Waals surface area contributed by atoms with Gasteiger partial charge in [-0.3, -0.25) is 9.59 Å². The number of benzene rings is 2. The second-order valence-electron chi connectivity index (χ2n) is 5.29. The van der Waals surface area contributed by atoms with E-state index in [0.717, 1.165) is 16.9 Å². The van der Waals surface area contributed by atoms with Crippen LogP contribution in [0.5, 0.6) is 11.5 Å². The van der Waals surface area contributed by atoms with Crippen molar-refractivity contribution in [2.45, 2.75) is 13.5 Å². The highest BCUT2D eigenvalue weighted by atomic mass is 35.5. The first-order valence-corrected chi connectivity index (χ1v) is 7.88. The maximum absolute atomic E-state index is 12.1. The monoisotopic (exact) mass is 362 g/mol. The van der Waals surface area contributed by atoms with E-state index in [4.69, 9.17) is 21.1 Å². The molecule has 0 bridgehead atoms. The summed E-state index contributed by atoms with van der Waals surface area (Å²) in [6.45, 7) is 2.02. The lowest BCUT2D eigenvalue weighted by atomic mass is 10.2. The van der Waals surface area contributed by atoms with Crippen molar-refractivity contribution in [2.75, 3.05) is 19.5 Å². The van der Waals surface area contributed by atoms with Crippen LogP contribution in [0.25, 0.3) is 0 Å². The topological polar surface area (TPSA) is 76.7 Å². The van der Waals surface area contributed by atoms with Crippen molar-refractivity contribution >= 4 is 29.1 Å². The summed E-state index contributed by atoms with van der Waals surface area (Å²) in [6, 6.07) is 10.4. The van der Waals surface area contributed by atoms with Gasteiger partial charge in [0.25, 0.3) is 0 Å². The predicted molar refractivity (Wildman–Crippen MR) is 96.2 cm³/mol. The fourth-order valence-corrected chi connectivity index (χ4v) is 2.27. The third-order valence-corrected chi connectivity index (χ3v) is 3.95. The third-order valence-electron chi connectivity index (χ3n) is 3.55. The van der Waals surface area contributed by atoms with Gasteiger partial charge in [0.05, 0.1) is 19.9 Å². The molecule has 0 saturated heterocycles. The van der Waals surface area contributed by atoms with Crippen molar-refractivity contribution in [1.82, 2.24) is 5.32 Å². The molecular weight excluding hydrogens is 344 g/mol. The van der Waals surface area contributed by atoms with Gasteiger partial charge in [-0.2, -0.15) is 0 Å². The third kappa shape index (κ3) is 4.87. The normalized spacial score (nSPS) is 10.1. The zero-order valence-corrected chi connectivity index (χ0v) is 14.9. The lowest BCUT2D eigenvalue weighted by Gasteiger charge is -2.12. The summed E-state index contributed by atoms with van der Waals surface area (Å²) >= 11 is 6.02. The van der Waals surface area contributed by atoms with E-state index in [0.29, 0.717) is 16.5 Å². The number of aryl methyl sites for hydroxylation is 1. The molecular formula is C18H19ClN2O4. The summed E-state index contributed by atoms with van der Waals surface area (Å²) in [5.74, 6) is -0.427. The van der Waals surface area contributed by atoms with Gasteiger partial charge in [-0.15, -0.1) is 0 Å². The average Bonchev–Trinajstić information content (AvgIpc) is 2.62. The number of hydrogen-bond acceptors (Lipinski definition) is 4. The fraction of sp³-hybridized carbons (Fsp3) is 0.222. The van der Waals surface area contributed by atoms with Crippen LogP contribution in [0.3, 0.4) is 0 Å². The Bertz CT molecular complexity index is 775. The van der Waals surface area contributed by atoms with Crippen molar-refractivity contribution in [3.05, 3.63) is 52.5 Å². The molecule has 0 aliphatic rings. The van der Waals surface area contributed by atoms with Crippen LogP contribution in [0.15, 0.2) is 36.4 Å². The molecule has 6 nitrogen and oxygen atoms in total. The molecule has 0 saturated carbocycles. The number of rotatable bonds is 5. The van der Waals surface area contributed by atoms with Crippen molar-refractivity contribution in [3.8, 4) is 11.5 Å². The molecule has 2 aromatic carbocycles. The van der Waals surface area contributed by atoms with Crippen LogP contribution in [-0.2, 0) is 16.1 Å². The van der Waals surface area contributed by atoms with Crippen molar-refractivity contribution in [2.24, 2.45) is 0 Å². The van der Waals surface area contributed by atoms with Crippen LogP contribution in [0.4, 0.5) is 5.69 Å². The van der Waals surface area contributed by atoms with Gasteiger partial charge in [0, 0.05) is 17.6 Å². The number of anilines is 1. The van der Waals surface area contributed by atoms with E-state index in [9.17, 15) is 9.59 Å². The smallest absolute Gasteiger partial charge is 0.313 e. The molecule has 25 heavy (non-hydrogen) atoms. The Kier molecular flexibility index (Phi) is 6.25. The maximum atomic E-state index is 12.1. The number of carbonyl (C=O) groups excluding carboxylic acids is 2. The Labute approximate surface area is 151 Å². The number of halogens is 1. The zero-order valence-electron chi connectivity index (χ0n) is 14.2. The first-order chi connectivity index (χ1) is 11.9. The second-order valence-corrected chi connectivity index (χ2v) is 5.69. The Morgan fingerprint density at radius 2 is 1.72 bits per heavy atom. The molecule has 0 aliphatic heterocycles. The van der Waals surface area contributed by atoms with Gasteiger partial charge >= 0.3 is 11.8 Å². The van der Waals surface area contributed by atoms with Crippen LogP contribution in [0.1, 0.15) is 11.1 Å². The highest BCUT2D eigenvalue weighted by molar-refractivity contribution is 6.40. The van der Waals surface area contributed by atoms with Crippen LogP contribution in [0, 0.1) is 6.92 Å². The van der Waals surface area contributed by atoms with Gasteiger partial charge in [-0.1, -0.05) is 23.7 Å². The zero-order chi connectivity index (χ0) is 18.4. The number of methoxy groups -OCH3 is 2. The first kappa shape index (κ1) is 18.6. The summed E-state index contributed by atoms with van der Waals surface area (Å²) in [5, 5.41) is 5.60. The number of hydrogen-bond donors (Lipinski definition) is 2. The van der Waals surface area contributed by atoms with Crippen molar-refractivity contribution in [1.29, 1.82) is 0 Å². The van der Waals surface area contributed by atoms with Crippen molar-refractivity contribution in [3.63, 3.8) is 0 Å². The Morgan fingerprint density at radius 1 is 1.04 bits per heavy atom. The summed E-state index contributed by atoms with van der Waals surface area (Å²) in [7, 11) is 3.04. The van der Waals surface area contributed by atoms with E-state index in [1.54, 1.807) is 38.3 Å². The molecule has 132 valence electrons. The molecule has 0 spiro atoms. The summed E-state index contributed by atoms with van der Waals surface area (Å²) < 4.78 is 10.2. The van der Waals surface area contributed by atoms with Crippen LogP contribution < -0.4 is 20.1 Å². The molecule has 2 rings (SSSR count). The number of ether oxygens (including phenoxy) is 2. The quantitative estimate of drug-likeness (QED) is 0.802. The fourth-order valence-electron chi connectivity index (χ4n) is 2.11. The van der Waals surface area contributed by atoms with Crippen LogP contribution in [0.2, 0.25) is 5.02 Å². The minimum absolute atomic E-state index is 0.229. The van der Waals surface area contributed by atoms with Gasteiger partial charge in [0.15, 0.2) is 0 Å². The SMILES string of the molecule is COc1ccc(CNC(=O)C(=O)Nc2cc(C)c(Cl)cc2OC)cc1. The molecule has 0 radical (unpaired) electrons. The first-order valence-electron chi connectivity index (χ1n) is 7.51. The van der Waals surface area contributed by atoms with Gasteiger partial charge in [-0.05, 0) is 36.2 Å². The van der Waals surface area contributed by atoms with Crippen molar-refractivity contribution < 1.29 is 19.1 Å². The highest BCUT2D eigenvalue weighted by Crippen LogP contribution is 2.30. The summed E-state index contributed by atoms with van der Waals surface area (Å²) in [4.78, 5) is 24.0. The molecule has 2 N–H and O–H groups in total. The van der Waals surface area contributed by atoms with E-state index in [1.165, 1.54) is 7.11 Å². The predicted octanol–water partition coefficient (Wildman–Crippen LogP) is 2.92. The van der Waals surface area contributed by atoms with Gasteiger partial charge in [0.2, 0.25) is 0 Å². The Hall–Kier alpha value is -2.73. The minimum Gasteiger partial charge on any atom is -0.497 e. The largest absolute Gasteiger partial charge is 0.497 e. The van der Waals surface area contributed by atoms with Crippen LogP contribution >= 0.6 is 11.6 Å². The molecule has 0 aromatic heterocycles. The Morgan fingerprint density at radius 3 is 2.32 bits per heavy atom. The second kappa shape index (κ2) is 8.39. The summed E-state index contributed by atoms with van der Waals surface area (Å²) in [5.41, 5.74) is 1.99. The minimum atomic E-state index is -0.784. The lowest BCUT2D eigenvalue weighted by Crippen LogP contribution is -2.35. The molecule has 0 heterocycles. The molecule has 0 fully saturated rings. The molecule has 2 aromatic rings. The number of amides is 2. The van der Waals surface area contributed by atoms with E-state index in [2.05, 4.69) is 10.6 Å². The molecule has 7 heteroatoms. The highest BCUT2D eigenvalue weighted by Gasteiger charge is 2.16. The van der Waals surface area contributed by atoms with Gasteiger partial charge in [-0.25, -0.2) is 0 Å². The molecule has 2 amide bonds. The van der Waals surface area contributed by atoms with Gasteiger partial charge in [0.1, 0.15) is 11.5 Å². The number of carbonyl (C=O) groups is 2. The standard InChI is InChI=1S/C18H19ClN2O4/c1-11-8-15(16(25-3)9-14(11)19)21-18(23)17(22)20-10-12-4-6-13(24-2)7-5-12/h4-9H,10H2,1-3H3,(H,20,22)(H,21,23). The average molecular weight is 363 g/mol. The van der Waals surface area contributed by atoms with E-state index in [-0.39, 0.29) is 6.54 Å². The maximum Gasteiger partial charge on any atom is 0.313 e. The number of nitrogens with one attached hydrogen (secondary N) is 2. The van der Waals surface area contributed by atoms with Gasteiger partial charge < -0.3 is 20.1 Å². The lowest BCUT2D eigenvalue weighted by molar-refractivity contribution is -0.136.